The van der Waals surface area contributed by atoms with E-state index in [4.69, 9.17) is 4.42 Å². The number of amides is 3. The average molecular weight is 392 g/mol. The first-order chi connectivity index (χ1) is 14.1. The van der Waals surface area contributed by atoms with Crippen LogP contribution in [0.25, 0.3) is 0 Å². The van der Waals surface area contributed by atoms with Crippen LogP contribution >= 0.6 is 0 Å². The second-order valence-electron chi connectivity index (χ2n) is 6.50. The van der Waals surface area contributed by atoms with E-state index in [1.54, 1.807) is 36.4 Å². The molecule has 0 saturated carbocycles. The van der Waals surface area contributed by atoms with Crippen molar-refractivity contribution in [2.75, 3.05) is 35.7 Å². The van der Waals surface area contributed by atoms with Crippen LogP contribution in [0.3, 0.4) is 0 Å². The molecule has 1 heterocycles. The van der Waals surface area contributed by atoms with Gasteiger partial charge in [0.05, 0.1) is 6.26 Å². The van der Waals surface area contributed by atoms with Crippen LogP contribution in [0.2, 0.25) is 0 Å². The van der Waals surface area contributed by atoms with Gasteiger partial charge in [0.25, 0.3) is 5.91 Å². The third kappa shape index (κ3) is 6.14. The van der Waals surface area contributed by atoms with Crippen molar-refractivity contribution in [1.29, 1.82) is 0 Å². The SMILES string of the molecule is CN(CCCNC(=O)Nc1ccc(NC(=O)c2ccco2)cc1)c1ccccc1. The lowest BCUT2D eigenvalue weighted by atomic mass is 10.2. The van der Waals surface area contributed by atoms with Gasteiger partial charge in [0.2, 0.25) is 0 Å². The smallest absolute Gasteiger partial charge is 0.319 e. The zero-order chi connectivity index (χ0) is 20.5. The number of para-hydroxylation sites is 1. The van der Waals surface area contributed by atoms with Crippen molar-refractivity contribution >= 4 is 29.0 Å². The molecule has 0 aliphatic carbocycles. The second-order valence-corrected chi connectivity index (χ2v) is 6.50. The fraction of sp³-hybridized carbons (Fsp3) is 0.182. The van der Waals surface area contributed by atoms with Gasteiger partial charge in [-0.15, -0.1) is 0 Å². The Morgan fingerprint density at radius 3 is 2.24 bits per heavy atom. The van der Waals surface area contributed by atoms with E-state index in [0.717, 1.165) is 18.7 Å². The minimum absolute atomic E-state index is 0.240. The second kappa shape index (κ2) is 9.98. The van der Waals surface area contributed by atoms with Gasteiger partial charge in [-0.3, -0.25) is 4.79 Å². The minimum atomic E-state index is -0.325. The van der Waals surface area contributed by atoms with Gasteiger partial charge in [-0.25, -0.2) is 4.79 Å². The number of rotatable bonds is 8. The molecular weight excluding hydrogens is 368 g/mol. The number of hydrogen-bond donors (Lipinski definition) is 3. The van der Waals surface area contributed by atoms with Gasteiger partial charge in [0.1, 0.15) is 0 Å². The van der Waals surface area contributed by atoms with E-state index >= 15 is 0 Å². The molecule has 29 heavy (non-hydrogen) atoms. The quantitative estimate of drug-likeness (QED) is 0.502. The summed E-state index contributed by atoms with van der Waals surface area (Å²) < 4.78 is 5.05. The van der Waals surface area contributed by atoms with Crippen LogP contribution in [0.5, 0.6) is 0 Å². The van der Waals surface area contributed by atoms with Gasteiger partial charge in [0.15, 0.2) is 5.76 Å². The van der Waals surface area contributed by atoms with Crippen LogP contribution in [0, 0.1) is 0 Å². The third-order valence-corrected chi connectivity index (χ3v) is 4.30. The van der Waals surface area contributed by atoms with Crippen molar-refractivity contribution in [2.45, 2.75) is 6.42 Å². The number of nitrogens with one attached hydrogen (secondary N) is 3. The van der Waals surface area contributed by atoms with Crippen LogP contribution in [-0.4, -0.2) is 32.1 Å². The van der Waals surface area contributed by atoms with Crippen molar-refractivity contribution < 1.29 is 14.0 Å². The summed E-state index contributed by atoms with van der Waals surface area (Å²) in [6, 6.07) is 20.0. The Bertz CT molecular complexity index is 909. The first-order valence-electron chi connectivity index (χ1n) is 9.38. The lowest BCUT2D eigenvalue weighted by Gasteiger charge is -2.19. The van der Waals surface area contributed by atoms with Crippen molar-refractivity contribution in [3.05, 3.63) is 78.8 Å². The highest BCUT2D eigenvalue weighted by molar-refractivity contribution is 6.02. The van der Waals surface area contributed by atoms with Crippen molar-refractivity contribution in [3.8, 4) is 0 Å². The summed E-state index contributed by atoms with van der Waals surface area (Å²) >= 11 is 0. The Labute approximate surface area is 169 Å². The largest absolute Gasteiger partial charge is 0.459 e. The molecule has 7 heteroatoms. The van der Waals surface area contributed by atoms with Crippen LogP contribution in [-0.2, 0) is 0 Å². The number of carbonyl (C=O) groups excluding carboxylic acids is 2. The normalized spacial score (nSPS) is 10.2. The zero-order valence-corrected chi connectivity index (χ0v) is 16.2. The van der Waals surface area contributed by atoms with E-state index < -0.39 is 0 Å². The summed E-state index contributed by atoms with van der Waals surface area (Å²) in [7, 11) is 2.03. The van der Waals surface area contributed by atoms with E-state index in [9.17, 15) is 9.59 Å². The highest BCUT2D eigenvalue weighted by atomic mass is 16.3. The molecule has 2 aromatic carbocycles. The van der Waals surface area contributed by atoms with Crippen LogP contribution in [0.15, 0.2) is 77.4 Å². The maximum Gasteiger partial charge on any atom is 0.319 e. The number of furan rings is 1. The maximum absolute atomic E-state index is 12.0. The zero-order valence-electron chi connectivity index (χ0n) is 16.2. The predicted octanol–water partition coefficient (Wildman–Crippen LogP) is 4.18. The van der Waals surface area contributed by atoms with Crippen molar-refractivity contribution in [1.82, 2.24) is 5.32 Å². The van der Waals surface area contributed by atoms with Crippen LogP contribution < -0.4 is 20.9 Å². The first kappa shape index (κ1) is 20.0. The third-order valence-electron chi connectivity index (χ3n) is 4.30. The molecule has 3 aromatic rings. The van der Waals surface area contributed by atoms with Crippen molar-refractivity contribution in [2.24, 2.45) is 0 Å². The molecule has 0 unspecified atom stereocenters. The van der Waals surface area contributed by atoms with Gasteiger partial charge in [0, 0.05) is 37.2 Å². The summed E-state index contributed by atoms with van der Waals surface area (Å²) in [6.45, 7) is 1.41. The molecule has 0 spiro atoms. The van der Waals surface area contributed by atoms with Gasteiger partial charge >= 0.3 is 6.03 Å². The van der Waals surface area contributed by atoms with Gasteiger partial charge < -0.3 is 25.3 Å². The summed E-state index contributed by atoms with van der Waals surface area (Å²) in [5.74, 6) is -0.0848. The summed E-state index contributed by atoms with van der Waals surface area (Å²) in [5.41, 5.74) is 2.40. The Morgan fingerprint density at radius 2 is 1.59 bits per heavy atom. The minimum Gasteiger partial charge on any atom is -0.459 e. The molecule has 3 amide bonds. The van der Waals surface area contributed by atoms with Gasteiger partial charge in [-0.1, -0.05) is 18.2 Å². The van der Waals surface area contributed by atoms with Gasteiger partial charge in [-0.05, 0) is 55.0 Å². The molecule has 0 saturated heterocycles. The first-order valence-corrected chi connectivity index (χ1v) is 9.38. The number of carbonyl (C=O) groups is 2. The molecule has 0 aliphatic rings. The molecule has 150 valence electrons. The molecule has 1 aromatic heterocycles. The number of urea groups is 1. The summed E-state index contributed by atoms with van der Waals surface area (Å²) in [4.78, 5) is 26.1. The lowest BCUT2D eigenvalue weighted by Crippen LogP contribution is -2.31. The summed E-state index contributed by atoms with van der Waals surface area (Å²) in [5, 5.41) is 8.34. The van der Waals surface area contributed by atoms with Crippen molar-refractivity contribution in [3.63, 3.8) is 0 Å². The molecule has 0 bridgehead atoms. The van der Waals surface area contributed by atoms with Crippen LogP contribution in [0.4, 0.5) is 21.9 Å². The van der Waals surface area contributed by atoms with E-state index in [1.165, 1.54) is 6.26 Å². The molecule has 0 atom stereocenters. The number of benzene rings is 2. The molecular formula is C22H24N4O3. The summed E-state index contributed by atoms with van der Waals surface area (Å²) in [6.07, 6.45) is 2.27. The predicted molar refractivity (Wildman–Crippen MR) is 114 cm³/mol. The molecule has 3 N–H and O–H groups in total. The maximum atomic E-state index is 12.0. The monoisotopic (exact) mass is 392 g/mol. The number of anilines is 3. The highest BCUT2D eigenvalue weighted by Crippen LogP contribution is 2.15. The fourth-order valence-electron chi connectivity index (χ4n) is 2.74. The Kier molecular flexibility index (Phi) is 6.89. The Morgan fingerprint density at radius 1 is 0.897 bits per heavy atom. The van der Waals surface area contributed by atoms with E-state index in [-0.39, 0.29) is 17.7 Å². The number of nitrogens with zero attached hydrogens (tertiary/aromatic N) is 1. The van der Waals surface area contributed by atoms with Crippen LogP contribution in [0.1, 0.15) is 17.0 Å². The standard InChI is InChI=1S/C22H24N4O3/c1-26(19-7-3-2-4-8-19)15-6-14-23-22(28)25-18-12-10-17(11-13-18)24-21(27)20-9-5-16-29-20/h2-5,7-13,16H,6,14-15H2,1H3,(H,24,27)(H2,23,25,28). The fourth-order valence-corrected chi connectivity index (χ4v) is 2.74. The Balaban J connectivity index is 1.37. The molecule has 0 radical (unpaired) electrons. The van der Waals surface area contributed by atoms with E-state index in [2.05, 4.69) is 33.0 Å². The molecule has 7 nitrogen and oxygen atoms in total. The molecule has 0 fully saturated rings. The average Bonchev–Trinajstić information content (AvgIpc) is 3.28. The number of hydrogen-bond acceptors (Lipinski definition) is 4. The topological polar surface area (TPSA) is 86.6 Å². The molecule has 0 aliphatic heterocycles. The molecule has 3 rings (SSSR count). The highest BCUT2D eigenvalue weighted by Gasteiger charge is 2.09. The van der Waals surface area contributed by atoms with E-state index in [0.29, 0.717) is 17.9 Å². The van der Waals surface area contributed by atoms with E-state index in [1.807, 2.05) is 25.2 Å². The lowest BCUT2D eigenvalue weighted by molar-refractivity contribution is 0.0996. The van der Waals surface area contributed by atoms with Gasteiger partial charge in [-0.2, -0.15) is 0 Å². The Hall–Kier alpha value is -3.74.